The average molecular weight is 299 g/mol. The molecule has 114 valence electrons. The van der Waals surface area contributed by atoms with Crippen molar-refractivity contribution in [2.24, 2.45) is 5.92 Å². The number of carbonyl (C=O) groups excluding carboxylic acids is 2. The number of rotatable bonds is 6. The van der Waals surface area contributed by atoms with Crippen LogP contribution in [0.15, 0.2) is 0 Å². The Bertz CT molecular complexity index is 326. The van der Waals surface area contributed by atoms with E-state index in [4.69, 9.17) is 0 Å². The molecule has 1 heterocycles. The summed E-state index contributed by atoms with van der Waals surface area (Å²) in [5.74, 6) is 2.41. The van der Waals surface area contributed by atoms with E-state index in [0.717, 1.165) is 11.6 Å². The summed E-state index contributed by atoms with van der Waals surface area (Å²) in [4.78, 5) is 23.5. The molecule has 0 aromatic heterocycles. The molecule has 1 atom stereocenters. The second-order valence-electron chi connectivity index (χ2n) is 5.62. The van der Waals surface area contributed by atoms with Crippen molar-refractivity contribution < 1.29 is 9.59 Å². The molecule has 1 saturated heterocycles. The maximum Gasteiger partial charge on any atom is 0.238 e. The molecule has 20 heavy (non-hydrogen) atoms. The third-order valence-corrected chi connectivity index (χ3v) is 4.92. The monoisotopic (exact) mass is 299 g/mol. The summed E-state index contributed by atoms with van der Waals surface area (Å²) in [6, 6.07) is -0.0714. The lowest BCUT2D eigenvalue weighted by Gasteiger charge is -2.20. The normalized spacial score (nSPS) is 23.5. The van der Waals surface area contributed by atoms with E-state index in [1.54, 1.807) is 11.8 Å². The van der Waals surface area contributed by atoms with E-state index < -0.39 is 0 Å². The van der Waals surface area contributed by atoms with Gasteiger partial charge in [-0.2, -0.15) is 0 Å². The lowest BCUT2D eigenvalue weighted by Crippen LogP contribution is -2.44. The zero-order chi connectivity index (χ0) is 14.2. The third-order valence-electron chi connectivity index (χ3n) is 3.98. The maximum atomic E-state index is 11.8. The van der Waals surface area contributed by atoms with Crippen LogP contribution in [0.5, 0.6) is 0 Å². The molecule has 3 N–H and O–H groups in total. The molecule has 2 aliphatic rings. The largest absolute Gasteiger partial charge is 0.354 e. The Hall–Kier alpha value is -0.750. The van der Waals surface area contributed by atoms with Crippen LogP contribution in [0.2, 0.25) is 0 Å². The van der Waals surface area contributed by atoms with Crippen molar-refractivity contribution in [2.45, 2.75) is 44.6 Å². The summed E-state index contributed by atoms with van der Waals surface area (Å²) >= 11 is 1.73. The van der Waals surface area contributed by atoms with Crippen LogP contribution in [0.25, 0.3) is 0 Å². The quantitative estimate of drug-likeness (QED) is 0.636. The molecule has 1 saturated carbocycles. The molecule has 0 aromatic rings. The zero-order valence-corrected chi connectivity index (χ0v) is 12.8. The van der Waals surface area contributed by atoms with Gasteiger partial charge in [-0.15, -0.1) is 11.8 Å². The van der Waals surface area contributed by atoms with Crippen molar-refractivity contribution in [3.05, 3.63) is 0 Å². The van der Waals surface area contributed by atoms with Crippen LogP contribution in [-0.2, 0) is 9.59 Å². The molecule has 0 bridgehead atoms. The van der Waals surface area contributed by atoms with Gasteiger partial charge < -0.3 is 10.6 Å². The van der Waals surface area contributed by atoms with Gasteiger partial charge in [-0.3, -0.25) is 14.9 Å². The van der Waals surface area contributed by atoms with Crippen LogP contribution >= 0.6 is 11.8 Å². The topological polar surface area (TPSA) is 70.2 Å². The summed E-state index contributed by atoms with van der Waals surface area (Å²) < 4.78 is 0. The Kier molecular flexibility index (Phi) is 6.66. The molecule has 0 radical (unpaired) electrons. The lowest BCUT2D eigenvalue weighted by atomic mass is 9.87. The first-order chi connectivity index (χ1) is 9.75. The fourth-order valence-corrected chi connectivity index (χ4v) is 3.74. The van der Waals surface area contributed by atoms with E-state index in [1.165, 1.54) is 32.1 Å². The van der Waals surface area contributed by atoms with Crippen LogP contribution in [0.1, 0.15) is 38.5 Å². The van der Waals surface area contributed by atoms with E-state index in [2.05, 4.69) is 16.0 Å². The number of nitrogens with one attached hydrogen (secondary N) is 3. The summed E-state index contributed by atoms with van der Waals surface area (Å²) in [5, 5.41) is 8.87. The van der Waals surface area contributed by atoms with Gasteiger partial charge in [0.05, 0.1) is 6.04 Å². The van der Waals surface area contributed by atoms with Gasteiger partial charge in [0.25, 0.3) is 0 Å². The molecule has 6 heteroatoms. The van der Waals surface area contributed by atoms with Gasteiger partial charge in [0.2, 0.25) is 11.8 Å². The minimum atomic E-state index is -0.0714. The van der Waals surface area contributed by atoms with Crippen molar-refractivity contribution >= 4 is 23.6 Å². The van der Waals surface area contributed by atoms with E-state index in [-0.39, 0.29) is 17.9 Å². The van der Waals surface area contributed by atoms with Crippen molar-refractivity contribution in [2.75, 3.05) is 24.7 Å². The van der Waals surface area contributed by atoms with Crippen LogP contribution in [0, 0.1) is 5.92 Å². The van der Waals surface area contributed by atoms with Crippen LogP contribution < -0.4 is 16.0 Å². The fraction of sp³-hybridized carbons (Fsp3) is 0.857. The fourth-order valence-electron chi connectivity index (χ4n) is 2.80. The van der Waals surface area contributed by atoms with Crippen molar-refractivity contribution in [1.82, 2.24) is 16.0 Å². The number of amides is 2. The third kappa shape index (κ3) is 5.32. The van der Waals surface area contributed by atoms with E-state index in [9.17, 15) is 9.59 Å². The number of hydrogen-bond donors (Lipinski definition) is 3. The maximum absolute atomic E-state index is 11.8. The van der Waals surface area contributed by atoms with Gasteiger partial charge in [0.1, 0.15) is 0 Å². The Labute approximate surface area is 125 Å². The summed E-state index contributed by atoms with van der Waals surface area (Å²) in [6.45, 7) is 1.04. The van der Waals surface area contributed by atoms with Crippen LogP contribution in [0.4, 0.5) is 0 Å². The first kappa shape index (κ1) is 15.6. The Morgan fingerprint density at radius 1 is 1.10 bits per heavy atom. The molecule has 0 spiro atoms. The predicted octanol–water partition coefficient (Wildman–Crippen LogP) is 0.852. The second kappa shape index (κ2) is 8.52. The first-order valence-corrected chi connectivity index (χ1v) is 8.76. The van der Waals surface area contributed by atoms with Gasteiger partial charge in [0.15, 0.2) is 0 Å². The molecular weight excluding hydrogens is 274 g/mol. The summed E-state index contributed by atoms with van der Waals surface area (Å²) in [7, 11) is 0. The highest BCUT2D eigenvalue weighted by Crippen LogP contribution is 2.25. The van der Waals surface area contributed by atoms with Gasteiger partial charge in [-0.25, -0.2) is 0 Å². The Morgan fingerprint density at radius 3 is 2.55 bits per heavy atom. The van der Waals surface area contributed by atoms with Gasteiger partial charge >= 0.3 is 0 Å². The molecule has 1 aliphatic carbocycles. The van der Waals surface area contributed by atoms with E-state index in [0.29, 0.717) is 25.4 Å². The number of hydrogen-bond acceptors (Lipinski definition) is 4. The standard InChI is InChI=1S/C14H25N3O2S/c18-13(8-11-4-2-1-3-5-11)15-6-7-16-14(19)12-9-20-10-17-12/h11-12,17H,1-10H2,(H,15,18)(H,16,19). The molecule has 1 aliphatic heterocycles. The van der Waals surface area contributed by atoms with Crippen molar-refractivity contribution in [3.63, 3.8) is 0 Å². The summed E-state index contributed by atoms with van der Waals surface area (Å²) in [6.07, 6.45) is 6.87. The van der Waals surface area contributed by atoms with Gasteiger partial charge in [0, 0.05) is 31.1 Å². The van der Waals surface area contributed by atoms with Gasteiger partial charge in [-0.05, 0) is 18.8 Å². The number of carbonyl (C=O) groups is 2. The van der Waals surface area contributed by atoms with Crippen molar-refractivity contribution in [1.29, 1.82) is 0 Å². The highest BCUT2D eigenvalue weighted by atomic mass is 32.2. The molecular formula is C14H25N3O2S. The summed E-state index contributed by atoms with van der Waals surface area (Å²) in [5.41, 5.74) is 0. The number of thioether (sulfide) groups is 1. The molecule has 5 nitrogen and oxygen atoms in total. The molecule has 2 fully saturated rings. The van der Waals surface area contributed by atoms with Crippen LogP contribution in [0.3, 0.4) is 0 Å². The minimum absolute atomic E-state index is 0.0385. The van der Waals surface area contributed by atoms with E-state index >= 15 is 0 Å². The lowest BCUT2D eigenvalue weighted by molar-refractivity contribution is -0.124. The molecule has 1 unspecified atom stereocenters. The van der Waals surface area contributed by atoms with E-state index in [1.807, 2.05) is 0 Å². The zero-order valence-electron chi connectivity index (χ0n) is 12.0. The smallest absolute Gasteiger partial charge is 0.238 e. The van der Waals surface area contributed by atoms with Crippen molar-refractivity contribution in [3.8, 4) is 0 Å². The first-order valence-electron chi connectivity index (χ1n) is 7.61. The highest BCUT2D eigenvalue weighted by molar-refractivity contribution is 7.99. The Morgan fingerprint density at radius 2 is 1.85 bits per heavy atom. The predicted molar refractivity (Wildman–Crippen MR) is 81.5 cm³/mol. The second-order valence-corrected chi connectivity index (χ2v) is 6.65. The molecule has 2 rings (SSSR count). The molecule has 2 amide bonds. The SMILES string of the molecule is O=C(CC1CCCCC1)NCCNC(=O)C1CSCN1. The minimum Gasteiger partial charge on any atom is -0.354 e. The molecule has 0 aromatic carbocycles. The average Bonchev–Trinajstić information content (AvgIpc) is 2.99. The highest BCUT2D eigenvalue weighted by Gasteiger charge is 2.22. The van der Waals surface area contributed by atoms with Gasteiger partial charge in [-0.1, -0.05) is 19.3 Å². The van der Waals surface area contributed by atoms with Crippen LogP contribution in [-0.4, -0.2) is 42.6 Å². The Balaban J connectivity index is 1.51.